The number of carbonyl (C=O) groups excluding carboxylic acids is 1. The Hall–Kier alpha value is -0.610. The van der Waals surface area contributed by atoms with Crippen molar-refractivity contribution in [1.82, 2.24) is 15.5 Å². The van der Waals surface area contributed by atoms with Gasteiger partial charge < -0.3 is 15.5 Å². The molecule has 0 bridgehead atoms. The monoisotopic (exact) mass is 225 g/mol. The van der Waals surface area contributed by atoms with Gasteiger partial charge in [-0.2, -0.15) is 0 Å². The molecule has 2 saturated heterocycles. The van der Waals surface area contributed by atoms with Crippen LogP contribution in [0, 0.1) is 0 Å². The summed E-state index contributed by atoms with van der Waals surface area (Å²) in [5.41, 5.74) is 0. The number of nitrogens with zero attached hydrogens (tertiary/aromatic N) is 1. The molecule has 92 valence electrons. The Labute approximate surface area is 97.8 Å². The molecule has 2 N–H and O–H groups in total. The van der Waals surface area contributed by atoms with Gasteiger partial charge in [-0.3, -0.25) is 4.79 Å². The minimum atomic E-state index is 0.192. The number of likely N-dealkylation sites (tertiary alicyclic amines) is 1. The third-order valence-corrected chi connectivity index (χ3v) is 3.71. The lowest BCUT2D eigenvalue weighted by Gasteiger charge is -2.35. The van der Waals surface area contributed by atoms with E-state index in [-0.39, 0.29) is 5.91 Å². The molecule has 2 heterocycles. The molecule has 0 aromatic carbocycles. The summed E-state index contributed by atoms with van der Waals surface area (Å²) < 4.78 is 0. The van der Waals surface area contributed by atoms with Crippen LogP contribution in [0.1, 0.15) is 33.1 Å². The summed E-state index contributed by atoms with van der Waals surface area (Å²) in [5.74, 6) is 0.192. The Bertz CT molecular complexity index is 247. The van der Waals surface area contributed by atoms with Crippen molar-refractivity contribution in [1.29, 1.82) is 0 Å². The fourth-order valence-corrected chi connectivity index (χ4v) is 2.64. The summed E-state index contributed by atoms with van der Waals surface area (Å²) in [6.45, 7) is 7.69. The maximum absolute atomic E-state index is 11.1. The number of hydrogen-bond donors (Lipinski definition) is 2. The largest absolute Gasteiger partial charge is 0.354 e. The number of piperidine rings is 1. The number of carbonyl (C=O) groups is 1. The second-order valence-electron chi connectivity index (χ2n) is 5.28. The van der Waals surface area contributed by atoms with Crippen LogP contribution in [-0.4, -0.2) is 48.6 Å². The molecule has 0 aromatic rings. The third kappa shape index (κ3) is 2.95. The van der Waals surface area contributed by atoms with E-state index in [2.05, 4.69) is 29.4 Å². The smallest absolute Gasteiger partial charge is 0.221 e. The van der Waals surface area contributed by atoms with Crippen molar-refractivity contribution in [2.45, 2.75) is 51.2 Å². The quantitative estimate of drug-likeness (QED) is 0.728. The summed E-state index contributed by atoms with van der Waals surface area (Å²) in [5, 5.41) is 6.47. The lowest BCUT2D eigenvalue weighted by Crippen LogP contribution is -2.48. The van der Waals surface area contributed by atoms with Gasteiger partial charge in [0.05, 0.1) is 0 Å². The molecule has 2 fully saturated rings. The highest BCUT2D eigenvalue weighted by Crippen LogP contribution is 2.14. The highest BCUT2D eigenvalue weighted by Gasteiger charge is 2.26. The molecule has 0 aromatic heterocycles. The molecule has 4 heteroatoms. The molecule has 0 saturated carbocycles. The average Bonchev–Trinajstić information content (AvgIpc) is 2.65. The molecule has 2 aliphatic heterocycles. The zero-order chi connectivity index (χ0) is 11.5. The molecule has 1 unspecified atom stereocenters. The predicted octanol–water partition coefficient (Wildman–Crippen LogP) is 0.337. The van der Waals surface area contributed by atoms with Crippen molar-refractivity contribution in [2.24, 2.45) is 0 Å². The average molecular weight is 225 g/mol. The molecular weight excluding hydrogens is 202 g/mol. The van der Waals surface area contributed by atoms with Gasteiger partial charge in [0.25, 0.3) is 0 Å². The Kier molecular flexibility index (Phi) is 3.82. The first-order valence-electron chi connectivity index (χ1n) is 6.42. The fourth-order valence-electron chi connectivity index (χ4n) is 2.64. The number of hydrogen-bond acceptors (Lipinski definition) is 3. The Morgan fingerprint density at radius 2 is 2.00 bits per heavy atom. The summed E-state index contributed by atoms with van der Waals surface area (Å²) in [7, 11) is 0. The van der Waals surface area contributed by atoms with Crippen molar-refractivity contribution in [2.75, 3.05) is 19.6 Å². The molecule has 1 atom stereocenters. The van der Waals surface area contributed by atoms with Crippen molar-refractivity contribution in [3.8, 4) is 0 Å². The molecule has 0 radical (unpaired) electrons. The molecular formula is C12H23N3O. The minimum absolute atomic E-state index is 0.192. The fraction of sp³-hybridized carbons (Fsp3) is 0.917. The van der Waals surface area contributed by atoms with Gasteiger partial charge in [-0.25, -0.2) is 0 Å². The van der Waals surface area contributed by atoms with Crippen molar-refractivity contribution in [3.05, 3.63) is 0 Å². The first-order valence-corrected chi connectivity index (χ1v) is 6.42. The van der Waals surface area contributed by atoms with E-state index in [1.807, 2.05) is 0 Å². The van der Waals surface area contributed by atoms with Gasteiger partial charge in [0, 0.05) is 31.1 Å². The van der Waals surface area contributed by atoms with E-state index < -0.39 is 0 Å². The second kappa shape index (κ2) is 5.15. The van der Waals surface area contributed by atoms with Gasteiger partial charge in [-0.05, 0) is 39.8 Å². The Morgan fingerprint density at radius 1 is 1.31 bits per heavy atom. The maximum atomic E-state index is 11.1. The normalized spacial score (nSPS) is 28.7. The summed E-state index contributed by atoms with van der Waals surface area (Å²) in [6.07, 6.45) is 3.08. The SMILES string of the molecule is CC(C)N1CCC(NC2CNC(=O)C2)CC1. The topological polar surface area (TPSA) is 44.4 Å². The number of amides is 1. The van der Waals surface area contributed by atoms with E-state index in [9.17, 15) is 4.79 Å². The maximum Gasteiger partial charge on any atom is 0.221 e. The van der Waals surface area contributed by atoms with E-state index in [1.165, 1.54) is 25.9 Å². The third-order valence-electron chi connectivity index (χ3n) is 3.71. The zero-order valence-corrected chi connectivity index (χ0v) is 10.3. The van der Waals surface area contributed by atoms with Gasteiger partial charge in [-0.15, -0.1) is 0 Å². The van der Waals surface area contributed by atoms with E-state index in [0.717, 1.165) is 6.54 Å². The number of rotatable bonds is 3. The van der Waals surface area contributed by atoms with Gasteiger partial charge in [0.2, 0.25) is 5.91 Å². The second-order valence-corrected chi connectivity index (χ2v) is 5.28. The van der Waals surface area contributed by atoms with Crippen LogP contribution in [0.5, 0.6) is 0 Å². The highest BCUT2D eigenvalue weighted by molar-refractivity contribution is 5.78. The van der Waals surface area contributed by atoms with E-state index in [0.29, 0.717) is 24.5 Å². The first kappa shape index (κ1) is 11.9. The van der Waals surface area contributed by atoms with Crippen LogP contribution >= 0.6 is 0 Å². The van der Waals surface area contributed by atoms with Crippen LogP contribution in [0.2, 0.25) is 0 Å². The number of nitrogens with one attached hydrogen (secondary N) is 2. The standard InChI is InChI=1S/C12H23N3O/c1-9(2)15-5-3-10(4-6-15)14-11-7-12(16)13-8-11/h9-11,14H,3-8H2,1-2H3,(H,13,16). The summed E-state index contributed by atoms with van der Waals surface area (Å²) in [4.78, 5) is 13.6. The predicted molar refractivity (Wildman–Crippen MR) is 64.3 cm³/mol. The van der Waals surface area contributed by atoms with Crippen LogP contribution < -0.4 is 10.6 Å². The van der Waals surface area contributed by atoms with Crippen LogP contribution in [0.15, 0.2) is 0 Å². The van der Waals surface area contributed by atoms with Gasteiger partial charge in [0.15, 0.2) is 0 Å². The highest BCUT2D eigenvalue weighted by atomic mass is 16.1. The van der Waals surface area contributed by atoms with E-state index in [4.69, 9.17) is 0 Å². The molecule has 2 rings (SSSR count). The van der Waals surface area contributed by atoms with Crippen LogP contribution in [-0.2, 0) is 4.79 Å². The summed E-state index contributed by atoms with van der Waals surface area (Å²) in [6, 6.07) is 1.63. The van der Waals surface area contributed by atoms with Crippen LogP contribution in [0.25, 0.3) is 0 Å². The molecule has 1 amide bonds. The van der Waals surface area contributed by atoms with E-state index >= 15 is 0 Å². The summed E-state index contributed by atoms with van der Waals surface area (Å²) >= 11 is 0. The first-order chi connectivity index (χ1) is 7.65. The van der Waals surface area contributed by atoms with Gasteiger partial charge in [0.1, 0.15) is 0 Å². The molecule has 2 aliphatic rings. The molecule has 4 nitrogen and oxygen atoms in total. The van der Waals surface area contributed by atoms with Crippen molar-refractivity contribution in [3.63, 3.8) is 0 Å². The molecule has 0 aliphatic carbocycles. The van der Waals surface area contributed by atoms with E-state index in [1.54, 1.807) is 0 Å². The van der Waals surface area contributed by atoms with Gasteiger partial charge >= 0.3 is 0 Å². The lowest BCUT2D eigenvalue weighted by molar-refractivity contribution is -0.119. The van der Waals surface area contributed by atoms with Crippen LogP contribution in [0.3, 0.4) is 0 Å². The van der Waals surface area contributed by atoms with Crippen molar-refractivity contribution >= 4 is 5.91 Å². The zero-order valence-electron chi connectivity index (χ0n) is 10.3. The lowest BCUT2D eigenvalue weighted by atomic mass is 10.0. The molecule has 0 spiro atoms. The Morgan fingerprint density at radius 3 is 2.50 bits per heavy atom. The van der Waals surface area contributed by atoms with Gasteiger partial charge in [-0.1, -0.05) is 0 Å². The molecule has 16 heavy (non-hydrogen) atoms. The Balaban J connectivity index is 1.71. The van der Waals surface area contributed by atoms with Crippen LogP contribution in [0.4, 0.5) is 0 Å². The van der Waals surface area contributed by atoms with Crippen molar-refractivity contribution < 1.29 is 4.79 Å². The minimum Gasteiger partial charge on any atom is -0.354 e.